The molecule has 10 rings (SSSR count). The van der Waals surface area contributed by atoms with Gasteiger partial charge >= 0.3 is 5.97 Å². The fourth-order valence-electron chi connectivity index (χ4n) is 16.4. The van der Waals surface area contributed by atoms with Gasteiger partial charge in [0.25, 0.3) is 0 Å². The minimum absolute atomic E-state index is 0.0611. The van der Waals surface area contributed by atoms with Crippen molar-refractivity contribution in [2.24, 2.45) is 22.7 Å². The van der Waals surface area contributed by atoms with Crippen LogP contribution in [0.15, 0.2) is 48.1 Å². The highest BCUT2D eigenvalue weighted by Gasteiger charge is 2.77. The number of esters is 1. The van der Waals surface area contributed by atoms with Gasteiger partial charge in [-0.3, -0.25) is 4.79 Å². The van der Waals surface area contributed by atoms with Gasteiger partial charge in [0.15, 0.2) is 31.5 Å². The van der Waals surface area contributed by atoms with Crippen LogP contribution in [0.1, 0.15) is 125 Å². The highest BCUT2D eigenvalue weighted by molar-refractivity contribution is 5.87. The van der Waals surface area contributed by atoms with Gasteiger partial charge in [-0.25, -0.2) is 4.79 Å². The van der Waals surface area contributed by atoms with Crippen molar-refractivity contribution in [3.05, 3.63) is 53.6 Å². The second-order valence-electron chi connectivity index (χ2n) is 26.1. The van der Waals surface area contributed by atoms with Crippen LogP contribution in [-0.4, -0.2) is 228 Å². The van der Waals surface area contributed by atoms with Crippen molar-refractivity contribution in [1.82, 2.24) is 0 Å². The summed E-state index contributed by atoms with van der Waals surface area (Å²) >= 11 is 0. The van der Waals surface area contributed by atoms with E-state index >= 15 is 0 Å². The van der Waals surface area contributed by atoms with Gasteiger partial charge < -0.3 is 102 Å². The Morgan fingerprint density at radius 2 is 1.19 bits per heavy atom. The quantitative estimate of drug-likeness (QED) is 0.0630. The fourth-order valence-corrected chi connectivity index (χ4v) is 16.4. The molecule has 0 radical (unpaired) electrons. The number of Topliss-reactive ketones (excluding diaryl/α,β-unsaturated/α-hetero) is 1. The van der Waals surface area contributed by atoms with Crippen LogP contribution in [0.25, 0.3) is 6.08 Å². The fraction of sp³-hybridized carbons (Fsp3) is 0.810. The lowest BCUT2D eigenvalue weighted by atomic mass is 9.43. The lowest BCUT2D eigenvalue weighted by Crippen LogP contribution is -2.75. The van der Waals surface area contributed by atoms with E-state index in [0.29, 0.717) is 38.5 Å². The maximum Gasteiger partial charge on any atom is 0.331 e. The molecule has 4 aliphatic carbocycles. The summed E-state index contributed by atoms with van der Waals surface area (Å²) in [5.74, 6) is -1.76. The van der Waals surface area contributed by atoms with Crippen molar-refractivity contribution in [3.63, 3.8) is 0 Å². The Morgan fingerprint density at radius 3 is 1.73 bits per heavy atom. The first-order valence-corrected chi connectivity index (χ1v) is 30.9. The number of carbonyl (C=O) groups is 2. The molecule has 0 unspecified atom stereocenters. The van der Waals surface area contributed by atoms with E-state index in [1.165, 1.54) is 20.1 Å². The van der Waals surface area contributed by atoms with E-state index in [0.717, 1.165) is 11.1 Å². The Kier molecular flexibility index (Phi) is 20.5. The Bertz CT molecular complexity index is 2510. The van der Waals surface area contributed by atoms with Crippen molar-refractivity contribution in [1.29, 1.82) is 0 Å². The van der Waals surface area contributed by atoms with Gasteiger partial charge in [0.1, 0.15) is 71.9 Å². The van der Waals surface area contributed by atoms with Crippen LogP contribution in [0.5, 0.6) is 0 Å². The van der Waals surface area contributed by atoms with Crippen LogP contribution in [0.4, 0.5) is 0 Å². The summed E-state index contributed by atoms with van der Waals surface area (Å²) in [5.41, 5.74) is -3.13. The van der Waals surface area contributed by atoms with Crippen LogP contribution >= 0.6 is 0 Å². The third-order valence-electron chi connectivity index (χ3n) is 21.2. The number of hydrogen-bond donors (Lipinski definition) is 7. The van der Waals surface area contributed by atoms with Gasteiger partial charge in [0, 0.05) is 70.3 Å². The maximum atomic E-state index is 13.6. The van der Waals surface area contributed by atoms with Gasteiger partial charge in [-0.2, -0.15) is 0 Å². The van der Waals surface area contributed by atoms with Crippen LogP contribution in [0.3, 0.4) is 0 Å². The summed E-state index contributed by atoms with van der Waals surface area (Å²) in [4.78, 5) is 26.9. The molecule has 0 spiro atoms. The number of rotatable bonds is 18. The van der Waals surface area contributed by atoms with Gasteiger partial charge in [0.2, 0.25) is 0 Å². The summed E-state index contributed by atoms with van der Waals surface area (Å²) in [6, 6.07) is 9.42. The van der Waals surface area contributed by atoms with E-state index in [2.05, 4.69) is 13.0 Å². The zero-order chi connectivity index (χ0) is 61.8. The summed E-state index contributed by atoms with van der Waals surface area (Å²) in [5, 5.41) is 78.3. The first-order valence-electron chi connectivity index (χ1n) is 30.9. The molecular weight excluding hydrogens is 1120 g/mol. The average Bonchev–Trinajstić information content (AvgIpc) is 1.30. The van der Waals surface area contributed by atoms with E-state index in [4.69, 9.17) is 66.3 Å². The van der Waals surface area contributed by atoms with Gasteiger partial charge in [-0.05, 0) is 96.6 Å². The Balaban J connectivity index is 0.712. The summed E-state index contributed by atoms with van der Waals surface area (Å²) < 4.78 is 87.6. The third kappa shape index (κ3) is 12.5. The van der Waals surface area contributed by atoms with Gasteiger partial charge in [-0.15, -0.1) is 0 Å². The van der Waals surface area contributed by atoms with Crippen molar-refractivity contribution in [3.8, 4) is 0 Å². The molecule has 1 aromatic carbocycles. The van der Waals surface area contributed by atoms with Crippen molar-refractivity contribution >= 4 is 17.8 Å². The predicted octanol–water partition coefficient (Wildman–Crippen LogP) is 3.29. The van der Waals surface area contributed by atoms with Gasteiger partial charge in [-0.1, -0.05) is 55.8 Å². The molecule has 5 aliphatic heterocycles. The number of hydrogen-bond acceptors (Lipinski definition) is 23. The Labute approximate surface area is 503 Å². The maximum absolute atomic E-state index is 13.6. The average molecular weight is 1220 g/mol. The molecule has 23 nitrogen and oxygen atoms in total. The largest absolute Gasteiger partial charge is 0.458 e. The van der Waals surface area contributed by atoms with E-state index in [1.807, 2.05) is 51.1 Å². The van der Waals surface area contributed by atoms with Gasteiger partial charge in [0.05, 0.1) is 61.5 Å². The molecule has 484 valence electrons. The number of benzene rings is 1. The molecule has 7 N–H and O–H groups in total. The minimum atomic E-state index is -1.71. The number of fused-ring (bicyclic) bond motifs is 5. The standard InChI is InChI=1S/C63H94O23/c1-31(65)39-20-23-63(72)61(39,7)46(82-47(67)17-16-36-14-12-11-13-15-36)29-45-60(6)21-19-38(24-37(60)18-22-62(45,63)71)80-49-26-41(73-8)57(33(3)77-49)85-51-27-42(74-9)56(34(4)78-51)84-48-25-40(66)55(32(2)76-48)83-50-28-43(75-10)58(35(5)79-50)86-59-54(70)53(69)52(68)44(30-64)81-59/h11-18,32-35,38-46,48-59,64,66,68-72H,19-30H2,1-10H3/b17-16+/t32-,33-,34-,35-,38+,39+,40+,41+,42-,43-,44-,45-,46-,48+,49+,50+,51+,52-,53+,54-,55-,56-,57-,58-,59+,60+,61+,62+,63-/m1/s1. The summed E-state index contributed by atoms with van der Waals surface area (Å²) in [6.07, 6.45) is -10.2. The monoisotopic (exact) mass is 1220 g/mol. The SMILES string of the molecule is CO[C@H]1C[C@H](O[C@H]2CC[C@@]3(C)C(=CC[C@]4(O)[C@@H]3C[C@@H](OC(=O)/C=C/c3ccccc3)[C@]3(C)[C@H](C(C)=O)CC[C@@]34O)C2)O[C@H](C)[C@H]1O[C@H]1C[C@@H](OC)[C@H](O[C@H]2C[C@H](O)[C@H](O[C@H]3C[C@@H](OC)[C@H](O[C@@H]4O[C@H](CO)[C@@H](O)[C@H](O)[C@H]4O)[C@@H](C)O3)[C@@H](C)O2)[C@@H](C)O1. The van der Waals surface area contributed by atoms with Crippen molar-refractivity contribution < 1.29 is 112 Å². The van der Waals surface area contributed by atoms with Crippen LogP contribution in [-0.2, 0) is 75.9 Å². The molecular formula is C63H94O23. The van der Waals surface area contributed by atoms with E-state index in [9.17, 15) is 45.3 Å². The van der Waals surface area contributed by atoms with Crippen LogP contribution in [0.2, 0.25) is 0 Å². The predicted molar refractivity (Wildman–Crippen MR) is 302 cm³/mol. The lowest BCUT2D eigenvalue weighted by Gasteiger charge is -2.66. The van der Waals surface area contributed by atoms with Crippen LogP contribution in [0, 0.1) is 22.7 Å². The van der Waals surface area contributed by atoms with Crippen molar-refractivity contribution in [2.75, 3.05) is 27.9 Å². The lowest BCUT2D eigenvalue weighted by molar-refractivity contribution is -0.358. The third-order valence-corrected chi connectivity index (χ3v) is 21.2. The van der Waals surface area contributed by atoms with E-state index < -0.39 is 182 Å². The highest BCUT2D eigenvalue weighted by Crippen LogP contribution is 2.70. The number of carbonyl (C=O) groups excluding carboxylic acids is 2. The zero-order valence-corrected chi connectivity index (χ0v) is 51.2. The molecule has 8 fully saturated rings. The molecule has 1 aromatic rings. The van der Waals surface area contributed by atoms with Crippen LogP contribution < -0.4 is 0 Å². The normalized spacial score (nSPS) is 48.8. The van der Waals surface area contributed by atoms with E-state index in [1.54, 1.807) is 34.1 Å². The number of aliphatic hydroxyl groups excluding tert-OH is 5. The molecule has 5 saturated heterocycles. The molecule has 86 heavy (non-hydrogen) atoms. The number of aliphatic hydroxyl groups is 7. The Morgan fingerprint density at radius 1 is 0.651 bits per heavy atom. The minimum Gasteiger partial charge on any atom is -0.458 e. The molecule has 23 heteroatoms. The number of ether oxygens (including phenoxy) is 14. The number of methoxy groups -OCH3 is 3. The summed E-state index contributed by atoms with van der Waals surface area (Å²) in [6.45, 7) is 12.1. The molecule has 0 aromatic heterocycles. The second kappa shape index (κ2) is 26.7. The first kappa shape index (κ1) is 66.0. The molecule has 3 saturated carbocycles. The molecule has 29 atom stereocenters. The first-order chi connectivity index (χ1) is 40.9. The topological polar surface area (TPSA) is 305 Å². The van der Waals surface area contributed by atoms with Crippen molar-refractivity contribution in [2.45, 2.75) is 272 Å². The zero-order valence-electron chi connectivity index (χ0n) is 51.2. The smallest absolute Gasteiger partial charge is 0.331 e. The number of ketones is 1. The highest BCUT2D eigenvalue weighted by atomic mass is 16.8. The summed E-state index contributed by atoms with van der Waals surface area (Å²) in [7, 11) is 4.71. The molecule has 9 aliphatic rings. The molecule has 0 amide bonds. The molecule has 0 bridgehead atoms. The molecule has 5 heterocycles. The Hall–Kier alpha value is -2.96. The van der Waals surface area contributed by atoms with E-state index in [-0.39, 0.29) is 44.0 Å². The second-order valence-corrected chi connectivity index (χ2v) is 26.1.